The Kier molecular flexibility index (Phi) is 7.35. The minimum atomic E-state index is -0.201. The van der Waals surface area contributed by atoms with Crippen LogP contribution in [0.1, 0.15) is 19.8 Å². The first kappa shape index (κ1) is 23.3. The number of nitrogens with zero attached hydrogens (tertiary/aromatic N) is 3. The van der Waals surface area contributed by atoms with E-state index in [0.717, 1.165) is 0 Å². The summed E-state index contributed by atoms with van der Waals surface area (Å²) < 4.78 is 6.61. The van der Waals surface area contributed by atoms with Crippen LogP contribution in [-0.4, -0.2) is 51.8 Å². The van der Waals surface area contributed by atoms with Crippen molar-refractivity contribution >= 4 is 46.1 Å². The zero-order chi connectivity index (χ0) is 23.4. The number of esters is 1. The van der Waals surface area contributed by atoms with E-state index in [2.05, 4.69) is 4.98 Å². The number of hydrogen-bond acceptors (Lipinski definition) is 6. The average Bonchev–Trinajstić information content (AvgIpc) is 2.84. The first-order valence-corrected chi connectivity index (χ1v) is 12.2. The molecule has 1 fully saturated rings. The number of benzene rings is 2. The number of hydrogen-bond donors (Lipinski definition) is 0. The van der Waals surface area contributed by atoms with Gasteiger partial charge < -0.3 is 9.64 Å². The fourth-order valence-corrected chi connectivity index (χ4v) is 4.91. The van der Waals surface area contributed by atoms with Crippen molar-refractivity contribution in [2.45, 2.75) is 24.9 Å². The predicted molar refractivity (Wildman–Crippen MR) is 129 cm³/mol. The van der Waals surface area contributed by atoms with Crippen molar-refractivity contribution in [1.29, 1.82) is 0 Å². The van der Waals surface area contributed by atoms with E-state index in [1.54, 1.807) is 54.3 Å². The molecule has 0 bridgehead atoms. The van der Waals surface area contributed by atoms with Crippen molar-refractivity contribution in [1.82, 2.24) is 14.5 Å². The summed E-state index contributed by atoms with van der Waals surface area (Å²) in [4.78, 5) is 44.5. The number of amides is 1. The zero-order valence-electron chi connectivity index (χ0n) is 18.2. The van der Waals surface area contributed by atoms with E-state index < -0.39 is 0 Å². The lowest BCUT2D eigenvalue weighted by atomic mass is 9.97. The van der Waals surface area contributed by atoms with Crippen molar-refractivity contribution < 1.29 is 14.3 Å². The van der Waals surface area contributed by atoms with Crippen LogP contribution in [0.4, 0.5) is 0 Å². The van der Waals surface area contributed by atoms with Crippen molar-refractivity contribution in [3.8, 4) is 5.69 Å². The molecule has 172 valence electrons. The van der Waals surface area contributed by atoms with E-state index >= 15 is 0 Å². The number of piperidine rings is 1. The monoisotopic (exact) mass is 485 g/mol. The van der Waals surface area contributed by atoms with Gasteiger partial charge in [0.25, 0.3) is 5.56 Å². The highest BCUT2D eigenvalue weighted by Crippen LogP contribution is 2.24. The Morgan fingerprint density at radius 3 is 2.52 bits per heavy atom. The van der Waals surface area contributed by atoms with Gasteiger partial charge in [-0.05, 0) is 56.2 Å². The van der Waals surface area contributed by atoms with Crippen LogP contribution < -0.4 is 5.56 Å². The number of halogens is 1. The summed E-state index contributed by atoms with van der Waals surface area (Å²) in [6, 6.07) is 14.1. The summed E-state index contributed by atoms with van der Waals surface area (Å²) in [6.07, 6.45) is 1.19. The minimum absolute atomic E-state index is 0.0487. The highest BCUT2D eigenvalue weighted by atomic mass is 35.5. The molecule has 9 heteroatoms. The highest BCUT2D eigenvalue weighted by molar-refractivity contribution is 7.99. The van der Waals surface area contributed by atoms with Gasteiger partial charge in [-0.2, -0.15) is 0 Å². The quantitative estimate of drug-likeness (QED) is 0.299. The molecule has 1 aliphatic rings. The third kappa shape index (κ3) is 5.23. The molecule has 0 aliphatic carbocycles. The van der Waals surface area contributed by atoms with Gasteiger partial charge in [0.2, 0.25) is 5.91 Å². The second-order valence-corrected chi connectivity index (χ2v) is 9.10. The fourth-order valence-electron chi connectivity index (χ4n) is 3.87. The van der Waals surface area contributed by atoms with Crippen molar-refractivity contribution in [2.75, 3.05) is 25.4 Å². The van der Waals surface area contributed by atoms with Crippen LogP contribution in [0.5, 0.6) is 0 Å². The first-order valence-electron chi connectivity index (χ1n) is 10.8. The molecule has 0 N–H and O–H groups in total. The summed E-state index contributed by atoms with van der Waals surface area (Å²) in [7, 11) is 0. The smallest absolute Gasteiger partial charge is 0.309 e. The normalized spacial score (nSPS) is 14.4. The molecule has 1 saturated heterocycles. The number of para-hydroxylation sites is 1. The molecule has 3 aromatic rings. The topological polar surface area (TPSA) is 81.5 Å². The molecule has 0 unspecified atom stereocenters. The summed E-state index contributed by atoms with van der Waals surface area (Å²) >= 11 is 7.25. The van der Waals surface area contributed by atoms with Crippen LogP contribution in [0.3, 0.4) is 0 Å². The molecule has 1 amide bonds. The number of rotatable bonds is 6. The SMILES string of the molecule is CCOC(=O)C1CCN(C(=O)CSc2nc3ccccc3c(=O)n2-c2ccc(Cl)cc2)CC1. The van der Waals surface area contributed by atoms with E-state index in [4.69, 9.17) is 16.3 Å². The molecule has 33 heavy (non-hydrogen) atoms. The molecular formula is C24H24ClN3O4S. The zero-order valence-corrected chi connectivity index (χ0v) is 19.8. The lowest BCUT2D eigenvalue weighted by Crippen LogP contribution is -2.41. The summed E-state index contributed by atoms with van der Waals surface area (Å²) in [5.74, 6) is -0.250. The van der Waals surface area contributed by atoms with Crippen molar-refractivity contribution in [3.63, 3.8) is 0 Å². The van der Waals surface area contributed by atoms with Gasteiger partial charge in [-0.1, -0.05) is 35.5 Å². The van der Waals surface area contributed by atoms with E-state index in [9.17, 15) is 14.4 Å². The van der Waals surface area contributed by atoms with E-state index in [1.165, 1.54) is 16.3 Å². The third-order valence-electron chi connectivity index (χ3n) is 5.62. The number of fused-ring (bicyclic) bond motifs is 1. The average molecular weight is 486 g/mol. The molecule has 2 heterocycles. The van der Waals surface area contributed by atoms with Crippen molar-refractivity contribution in [3.05, 3.63) is 63.9 Å². The lowest BCUT2D eigenvalue weighted by Gasteiger charge is -2.30. The second-order valence-electron chi connectivity index (χ2n) is 7.72. The van der Waals surface area contributed by atoms with Crippen LogP contribution >= 0.6 is 23.4 Å². The number of ether oxygens (including phenoxy) is 1. The molecule has 7 nitrogen and oxygen atoms in total. The fraction of sp³-hybridized carbons (Fsp3) is 0.333. The highest BCUT2D eigenvalue weighted by Gasteiger charge is 2.28. The van der Waals surface area contributed by atoms with Crippen LogP contribution in [0, 0.1) is 5.92 Å². The maximum atomic E-state index is 13.3. The Labute approximate surface area is 200 Å². The molecule has 1 aliphatic heterocycles. The Bertz CT molecular complexity index is 1220. The first-order chi connectivity index (χ1) is 16.0. The van der Waals surface area contributed by atoms with Crippen LogP contribution in [0.25, 0.3) is 16.6 Å². The standard InChI is InChI=1S/C24H24ClN3O4S/c1-2-32-23(31)16-11-13-27(14-12-16)21(29)15-33-24-26-20-6-4-3-5-19(20)22(30)28(24)18-9-7-17(25)8-10-18/h3-10,16H,2,11-15H2,1H3. The van der Waals surface area contributed by atoms with Gasteiger partial charge in [0.15, 0.2) is 5.16 Å². The van der Waals surface area contributed by atoms with Gasteiger partial charge in [-0.15, -0.1) is 0 Å². The van der Waals surface area contributed by atoms with Gasteiger partial charge in [0.05, 0.1) is 34.9 Å². The van der Waals surface area contributed by atoms with Crippen LogP contribution in [0.15, 0.2) is 58.5 Å². The van der Waals surface area contributed by atoms with E-state index in [1.807, 2.05) is 6.07 Å². The van der Waals surface area contributed by atoms with E-state index in [-0.39, 0.29) is 29.1 Å². The molecule has 0 saturated carbocycles. The van der Waals surface area contributed by atoms with Gasteiger partial charge in [0, 0.05) is 18.1 Å². The molecule has 1 aromatic heterocycles. The molecule has 0 radical (unpaired) electrons. The summed E-state index contributed by atoms with van der Waals surface area (Å²) in [6.45, 7) is 3.18. The van der Waals surface area contributed by atoms with Gasteiger partial charge in [-0.3, -0.25) is 19.0 Å². The van der Waals surface area contributed by atoms with Gasteiger partial charge in [0.1, 0.15) is 0 Å². The molecule has 4 rings (SSSR count). The Balaban J connectivity index is 1.53. The number of carbonyl (C=O) groups excluding carboxylic acids is 2. The Morgan fingerprint density at radius 1 is 1.12 bits per heavy atom. The van der Waals surface area contributed by atoms with E-state index in [0.29, 0.717) is 59.3 Å². The minimum Gasteiger partial charge on any atom is -0.466 e. The summed E-state index contributed by atoms with van der Waals surface area (Å²) in [5, 5.41) is 1.51. The number of likely N-dealkylation sites (tertiary alicyclic amines) is 1. The van der Waals surface area contributed by atoms with Crippen LogP contribution in [-0.2, 0) is 14.3 Å². The molecule has 0 atom stereocenters. The second kappa shape index (κ2) is 10.4. The number of carbonyl (C=O) groups is 2. The largest absolute Gasteiger partial charge is 0.466 e. The van der Waals surface area contributed by atoms with Gasteiger partial charge >= 0.3 is 5.97 Å². The maximum absolute atomic E-state index is 13.3. The van der Waals surface area contributed by atoms with Crippen LogP contribution in [0.2, 0.25) is 5.02 Å². The lowest BCUT2D eigenvalue weighted by molar-refractivity contribution is -0.151. The maximum Gasteiger partial charge on any atom is 0.309 e. The molecule has 0 spiro atoms. The Morgan fingerprint density at radius 2 is 1.82 bits per heavy atom. The van der Waals surface area contributed by atoms with Crippen molar-refractivity contribution in [2.24, 2.45) is 5.92 Å². The molecule has 2 aromatic carbocycles. The Hall–Kier alpha value is -2.84. The molecular weight excluding hydrogens is 462 g/mol. The summed E-state index contributed by atoms with van der Waals surface area (Å²) in [5.41, 5.74) is 1.01. The third-order valence-corrected chi connectivity index (χ3v) is 6.80. The predicted octanol–water partition coefficient (Wildman–Crippen LogP) is 3.93. The number of thioether (sulfide) groups is 1. The number of aromatic nitrogens is 2. The van der Waals surface area contributed by atoms with Gasteiger partial charge in [-0.25, -0.2) is 4.98 Å².